The van der Waals surface area contributed by atoms with E-state index in [1.165, 1.54) is 0 Å². The molecule has 9 aromatic carbocycles. The van der Waals surface area contributed by atoms with Gasteiger partial charge in [0.25, 0.3) is 0 Å². The van der Waals surface area contributed by atoms with Gasteiger partial charge in [-0.3, -0.25) is 0 Å². The highest BCUT2D eigenvalue weighted by Gasteiger charge is 2.18. The lowest BCUT2D eigenvalue weighted by molar-refractivity contribution is 1.28. The van der Waals surface area contributed by atoms with Gasteiger partial charge in [-0.1, -0.05) is 176 Å². The molecular weight excluding hydrogens is 677 g/mol. The first kappa shape index (κ1) is 26.4. The van der Waals surface area contributed by atoms with Crippen molar-refractivity contribution in [2.24, 2.45) is 0 Å². The maximum Gasteiger partial charge on any atom is 0.0645 e. The van der Waals surface area contributed by atoms with Crippen LogP contribution in [0.5, 0.6) is 0 Å². The molecule has 2 heteroatoms. The fraction of sp³-hybridized carbons (Fsp3) is 0. The molecule has 9 rings (SSSR count). The smallest absolute Gasteiger partial charge is 0.0645 e. The van der Waals surface area contributed by atoms with Crippen LogP contribution in [-0.2, 0) is 0 Å². The summed E-state index contributed by atoms with van der Waals surface area (Å²) in [6.07, 6.45) is 0. The zero-order chi connectivity index (χ0) is 44.5. The van der Waals surface area contributed by atoms with E-state index in [0.717, 1.165) is 39.3 Å². The molecule has 0 amide bonds. The molecule has 0 unspecified atom stereocenters. The highest BCUT2D eigenvalue weighted by atomic mass is 15.1. The number of nitrogens with zero attached hydrogens (tertiary/aromatic N) is 2. The second-order valence-corrected chi connectivity index (χ2v) is 13.2. The lowest BCUT2D eigenvalue weighted by Crippen LogP contribution is -2.11. The van der Waals surface area contributed by atoms with E-state index in [9.17, 15) is 11.0 Å². The Kier molecular flexibility index (Phi) is 7.49. The van der Waals surface area contributed by atoms with Crippen molar-refractivity contribution in [2.45, 2.75) is 0 Å². The van der Waals surface area contributed by atoms with Crippen molar-refractivity contribution < 1.29 is 11.0 Å². The van der Waals surface area contributed by atoms with Gasteiger partial charge in [0.15, 0.2) is 0 Å². The van der Waals surface area contributed by atoms with Crippen molar-refractivity contribution in [3.8, 4) is 44.5 Å². The summed E-state index contributed by atoms with van der Waals surface area (Å²) in [7, 11) is 0. The fourth-order valence-electron chi connectivity index (χ4n) is 6.85. The average Bonchev–Trinajstić information content (AvgIpc) is 3.35. The van der Waals surface area contributed by atoms with Crippen LogP contribution in [0.15, 0.2) is 242 Å². The molecule has 0 saturated heterocycles. The van der Waals surface area contributed by atoms with Gasteiger partial charge >= 0.3 is 0 Å². The first-order chi connectivity index (χ1) is 31.1. The van der Waals surface area contributed by atoms with E-state index in [4.69, 9.17) is 0 Å². The summed E-state index contributed by atoms with van der Waals surface area (Å²) in [5, 5.41) is 0. The molecule has 0 aliphatic rings. The van der Waals surface area contributed by atoms with E-state index in [0.29, 0.717) is 16.9 Å². The quantitative estimate of drug-likeness (QED) is 0.139. The van der Waals surface area contributed by atoms with Gasteiger partial charge in [-0.05, 0) is 106 Å². The molecule has 0 aliphatic heterocycles. The largest absolute Gasteiger partial charge is 0.311 e. The molecule has 0 atom stereocenters. The van der Waals surface area contributed by atoms with Gasteiger partial charge in [0.2, 0.25) is 0 Å². The first-order valence-electron chi connectivity index (χ1n) is 22.5. The van der Waals surface area contributed by atoms with Gasteiger partial charge in [0.1, 0.15) is 0 Å². The molecular formula is C54H40N2. The summed E-state index contributed by atoms with van der Waals surface area (Å²) in [5.41, 5.74) is 8.02. The standard InChI is InChI=1S/C54H40N2/c1-5-15-41(16-6-1)44-31-37-51(38-32-44)56(54-24-14-13-23-53(54)47-17-7-2-8-18-47)52-39-33-46(34-40-52)43-27-25-42(26-28-43)45-29-35-50(36-30-45)55(48-19-9-3-10-20-48)49-21-11-4-12-22-49/h1-40H/i25D,26D,27D,28D,29D,30D,35D,36D. The van der Waals surface area contributed by atoms with Crippen LogP contribution in [0.4, 0.5) is 34.1 Å². The topological polar surface area (TPSA) is 6.48 Å². The summed E-state index contributed by atoms with van der Waals surface area (Å²) in [4.78, 5) is 3.80. The van der Waals surface area contributed by atoms with E-state index >= 15 is 0 Å². The third-order valence-electron chi connectivity index (χ3n) is 9.62. The van der Waals surface area contributed by atoms with Crippen molar-refractivity contribution >= 4 is 34.1 Å². The predicted molar refractivity (Wildman–Crippen MR) is 238 cm³/mol. The summed E-state index contributed by atoms with van der Waals surface area (Å²) >= 11 is 0. The molecule has 0 saturated carbocycles. The number of para-hydroxylation sites is 3. The number of benzene rings is 9. The Bertz CT molecular complexity index is 3010. The third-order valence-corrected chi connectivity index (χ3v) is 9.62. The maximum atomic E-state index is 9.24. The van der Waals surface area contributed by atoms with Crippen molar-refractivity contribution in [3.05, 3.63) is 242 Å². The fourth-order valence-corrected chi connectivity index (χ4v) is 6.85. The number of anilines is 6. The van der Waals surface area contributed by atoms with Gasteiger partial charge < -0.3 is 9.80 Å². The van der Waals surface area contributed by atoms with Crippen molar-refractivity contribution in [3.63, 3.8) is 0 Å². The molecule has 9 aromatic rings. The van der Waals surface area contributed by atoms with E-state index in [1.54, 1.807) is 17.0 Å². The zero-order valence-corrected chi connectivity index (χ0v) is 30.4. The molecule has 0 aromatic heterocycles. The molecule has 266 valence electrons. The van der Waals surface area contributed by atoms with Crippen LogP contribution < -0.4 is 9.80 Å². The SMILES string of the molecule is [2H]c1c([2H])c(-c2c([2H])c([2H])c(N(c3ccccc3)c3ccccc3)c([2H])c2[2H])c([2H])c([2H])c1-c1ccc(N(c2ccc(-c3ccccc3)cc2)c2ccccc2-c2ccccc2)cc1. The van der Waals surface area contributed by atoms with Gasteiger partial charge in [-0.2, -0.15) is 0 Å². The second kappa shape index (κ2) is 15.9. The third kappa shape index (κ3) is 7.24. The Morgan fingerprint density at radius 2 is 0.571 bits per heavy atom. The minimum absolute atomic E-state index is 0.00399. The van der Waals surface area contributed by atoms with Crippen LogP contribution in [0.2, 0.25) is 0 Å². The molecule has 0 spiro atoms. The Hall–Kier alpha value is -7.42. The monoisotopic (exact) mass is 724 g/mol. The molecule has 0 radical (unpaired) electrons. The highest BCUT2D eigenvalue weighted by Crippen LogP contribution is 2.42. The van der Waals surface area contributed by atoms with E-state index in [2.05, 4.69) is 65.6 Å². The Labute approximate surface area is 341 Å². The average molecular weight is 725 g/mol. The summed E-state index contributed by atoms with van der Waals surface area (Å²) in [5.74, 6) is 0. The molecule has 2 nitrogen and oxygen atoms in total. The molecule has 0 bridgehead atoms. The summed E-state index contributed by atoms with van der Waals surface area (Å²) < 4.78 is 73.8. The van der Waals surface area contributed by atoms with Crippen molar-refractivity contribution in [2.75, 3.05) is 9.80 Å². The van der Waals surface area contributed by atoms with Gasteiger partial charge in [-0.25, -0.2) is 0 Å². The zero-order valence-electron chi connectivity index (χ0n) is 38.4. The predicted octanol–water partition coefficient (Wildman–Crippen LogP) is 15.3. The molecule has 0 heterocycles. The van der Waals surface area contributed by atoms with E-state index in [-0.39, 0.29) is 46.5 Å². The Balaban J connectivity index is 1.14. The van der Waals surface area contributed by atoms with Crippen LogP contribution in [-0.4, -0.2) is 0 Å². The lowest BCUT2D eigenvalue weighted by atomic mass is 9.99. The molecule has 0 N–H and O–H groups in total. The number of rotatable bonds is 10. The van der Waals surface area contributed by atoms with Gasteiger partial charge in [0.05, 0.1) is 16.7 Å². The van der Waals surface area contributed by atoms with Crippen LogP contribution in [0.3, 0.4) is 0 Å². The normalized spacial score (nSPS) is 12.9. The lowest BCUT2D eigenvalue weighted by Gasteiger charge is -2.28. The minimum atomic E-state index is -0.474. The van der Waals surface area contributed by atoms with Crippen LogP contribution in [0, 0.1) is 0 Å². The first-order valence-corrected chi connectivity index (χ1v) is 18.5. The molecule has 0 fully saturated rings. The maximum absolute atomic E-state index is 9.24. The summed E-state index contributed by atoms with van der Waals surface area (Å²) in [6, 6.07) is 59.1. The van der Waals surface area contributed by atoms with Crippen LogP contribution >= 0.6 is 0 Å². The molecule has 56 heavy (non-hydrogen) atoms. The van der Waals surface area contributed by atoms with Crippen LogP contribution in [0.1, 0.15) is 11.0 Å². The van der Waals surface area contributed by atoms with Crippen molar-refractivity contribution in [1.82, 2.24) is 0 Å². The van der Waals surface area contributed by atoms with Gasteiger partial charge in [0, 0.05) is 34.0 Å². The second-order valence-electron chi connectivity index (χ2n) is 13.2. The summed E-state index contributed by atoms with van der Waals surface area (Å²) in [6.45, 7) is 0. The number of hydrogen-bond donors (Lipinski definition) is 0. The number of hydrogen-bond acceptors (Lipinski definition) is 2. The highest BCUT2D eigenvalue weighted by molar-refractivity contribution is 5.89. The van der Waals surface area contributed by atoms with Gasteiger partial charge in [-0.15, -0.1) is 0 Å². The Morgan fingerprint density at radius 3 is 1.07 bits per heavy atom. The van der Waals surface area contributed by atoms with E-state index in [1.807, 2.05) is 121 Å². The Morgan fingerprint density at radius 1 is 0.232 bits per heavy atom. The molecule has 0 aliphatic carbocycles. The van der Waals surface area contributed by atoms with Crippen molar-refractivity contribution in [1.29, 1.82) is 0 Å². The van der Waals surface area contributed by atoms with Crippen LogP contribution in [0.25, 0.3) is 44.5 Å². The minimum Gasteiger partial charge on any atom is -0.311 e. The van der Waals surface area contributed by atoms with E-state index < -0.39 is 24.2 Å².